The van der Waals surface area contributed by atoms with E-state index in [-0.39, 0.29) is 11.2 Å². The van der Waals surface area contributed by atoms with Crippen LogP contribution in [0, 0.1) is 6.92 Å². The number of carbonyl (C=O) groups is 1. The van der Waals surface area contributed by atoms with Gasteiger partial charge < -0.3 is 4.42 Å². The molecule has 0 aliphatic rings. The minimum Gasteiger partial charge on any atom is -0.458 e. The molecular weight excluding hydrogens is 232 g/mol. The summed E-state index contributed by atoms with van der Waals surface area (Å²) in [7, 11) is 0. The number of rotatable bonds is 2. The summed E-state index contributed by atoms with van der Waals surface area (Å²) in [6, 6.07) is 7.44. The van der Waals surface area contributed by atoms with Crippen molar-refractivity contribution in [3.63, 3.8) is 0 Å². The number of hydrogen-bond acceptors (Lipinski definition) is 3. The molecule has 0 aromatic carbocycles. The van der Waals surface area contributed by atoms with Gasteiger partial charge in [-0.05, 0) is 36.6 Å². The molecule has 2 nitrogen and oxygen atoms in total. The van der Waals surface area contributed by atoms with Gasteiger partial charge in [0.25, 0.3) is 0 Å². The lowest BCUT2D eigenvalue weighted by Gasteiger charge is -2.15. The molecule has 0 radical (unpaired) electrons. The highest BCUT2D eigenvalue weighted by atomic mass is 32.1. The minimum absolute atomic E-state index is 0.0291. The van der Waals surface area contributed by atoms with Gasteiger partial charge in [0.05, 0.1) is 4.88 Å². The van der Waals surface area contributed by atoms with Crippen LogP contribution in [0.2, 0.25) is 0 Å². The van der Waals surface area contributed by atoms with Crippen molar-refractivity contribution in [2.75, 3.05) is 0 Å². The zero-order valence-electron chi connectivity index (χ0n) is 10.5. The van der Waals surface area contributed by atoms with Crippen LogP contribution in [0.25, 0.3) is 0 Å². The van der Waals surface area contributed by atoms with Gasteiger partial charge in [0.1, 0.15) is 5.76 Å². The molecule has 3 heteroatoms. The molecule has 0 aliphatic heterocycles. The first-order chi connectivity index (χ1) is 7.88. The first kappa shape index (κ1) is 12.1. The molecule has 2 rings (SSSR count). The molecule has 0 amide bonds. The monoisotopic (exact) mass is 248 g/mol. The van der Waals surface area contributed by atoms with E-state index in [2.05, 4.69) is 20.8 Å². The topological polar surface area (TPSA) is 30.2 Å². The molecule has 0 spiro atoms. The molecule has 2 aromatic heterocycles. The smallest absolute Gasteiger partial charge is 0.238 e. The Hall–Kier alpha value is -1.35. The molecule has 0 N–H and O–H groups in total. The number of carbonyl (C=O) groups excluding carboxylic acids is 1. The molecule has 0 bridgehead atoms. The summed E-state index contributed by atoms with van der Waals surface area (Å²) in [5.41, 5.74) is 0.0856. The molecule has 2 aromatic rings. The average molecular weight is 248 g/mol. The van der Waals surface area contributed by atoms with E-state index in [1.54, 1.807) is 17.4 Å². The first-order valence-electron chi connectivity index (χ1n) is 5.59. The predicted octanol–water partition coefficient (Wildman–Crippen LogP) is 4.18. The van der Waals surface area contributed by atoms with Gasteiger partial charge in [-0.15, -0.1) is 11.3 Å². The van der Waals surface area contributed by atoms with E-state index in [1.807, 2.05) is 25.1 Å². The van der Waals surface area contributed by atoms with Crippen LogP contribution in [-0.4, -0.2) is 5.78 Å². The standard InChI is InChI=1S/C14H16O2S/c1-9-5-6-10(16-9)13(15)11-7-8-12(17-11)14(2,3)4/h5-8H,1-4H3. The van der Waals surface area contributed by atoms with Crippen LogP contribution in [0.1, 0.15) is 46.8 Å². The normalized spacial score (nSPS) is 11.8. The maximum absolute atomic E-state index is 12.1. The predicted molar refractivity (Wildman–Crippen MR) is 69.9 cm³/mol. The lowest BCUT2D eigenvalue weighted by Crippen LogP contribution is -2.07. The third-order valence-corrected chi connectivity index (χ3v) is 4.04. The lowest BCUT2D eigenvalue weighted by molar-refractivity contribution is 0.101. The Bertz CT molecular complexity index is 541. The van der Waals surface area contributed by atoms with E-state index in [0.29, 0.717) is 5.76 Å². The number of ketones is 1. The van der Waals surface area contributed by atoms with Gasteiger partial charge in [-0.1, -0.05) is 20.8 Å². The molecule has 0 atom stereocenters. The van der Waals surface area contributed by atoms with Crippen LogP contribution in [0.4, 0.5) is 0 Å². The SMILES string of the molecule is Cc1ccc(C(=O)c2ccc(C(C)(C)C)s2)o1. The quantitative estimate of drug-likeness (QED) is 0.746. The molecule has 2 heterocycles. The third-order valence-electron chi connectivity index (χ3n) is 2.53. The third kappa shape index (κ3) is 2.50. The van der Waals surface area contributed by atoms with Gasteiger partial charge in [-0.25, -0.2) is 0 Å². The highest BCUT2D eigenvalue weighted by Crippen LogP contribution is 2.30. The maximum atomic E-state index is 12.1. The summed E-state index contributed by atoms with van der Waals surface area (Å²) in [4.78, 5) is 14.1. The van der Waals surface area contributed by atoms with Gasteiger partial charge in [0.15, 0.2) is 5.76 Å². The van der Waals surface area contributed by atoms with Crippen LogP contribution >= 0.6 is 11.3 Å². The molecular formula is C14H16O2S. The fourth-order valence-electron chi connectivity index (χ4n) is 1.54. The fourth-order valence-corrected chi connectivity index (χ4v) is 2.55. The Morgan fingerprint density at radius 2 is 1.88 bits per heavy atom. The summed E-state index contributed by atoms with van der Waals surface area (Å²) >= 11 is 1.54. The second-order valence-electron chi connectivity index (χ2n) is 5.15. The Morgan fingerprint density at radius 1 is 1.18 bits per heavy atom. The van der Waals surface area contributed by atoms with Crippen LogP contribution in [0.3, 0.4) is 0 Å². The second kappa shape index (κ2) is 4.15. The van der Waals surface area contributed by atoms with Crippen LogP contribution in [0.15, 0.2) is 28.7 Å². The Labute approximate surface area is 105 Å². The van der Waals surface area contributed by atoms with E-state index in [1.165, 1.54) is 4.88 Å². The van der Waals surface area contributed by atoms with Gasteiger partial charge in [-0.3, -0.25) is 4.79 Å². The molecule has 17 heavy (non-hydrogen) atoms. The Balaban J connectivity index is 2.30. The Kier molecular flexibility index (Phi) is 2.96. The number of aryl methyl sites for hydroxylation is 1. The van der Waals surface area contributed by atoms with E-state index < -0.39 is 0 Å². The maximum Gasteiger partial charge on any atom is 0.238 e. The minimum atomic E-state index is -0.0291. The van der Waals surface area contributed by atoms with Crippen molar-refractivity contribution in [3.8, 4) is 0 Å². The van der Waals surface area contributed by atoms with Gasteiger partial charge in [0, 0.05) is 4.88 Å². The van der Waals surface area contributed by atoms with Crippen molar-refractivity contribution in [3.05, 3.63) is 45.5 Å². The van der Waals surface area contributed by atoms with Crippen molar-refractivity contribution in [1.82, 2.24) is 0 Å². The zero-order chi connectivity index (χ0) is 12.6. The lowest BCUT2D eigenvalue weighted by atomic mass is 9.95. The van der Waals surface area contributed by atoms with Crippen LogP contribution < -0.4 is 0 Å². The van der Waals surface area contributed by atoms with Gasteiger partial charge in [-0.2, -0.15) is 0 Å². The summed E-state index contributed by atoms with van der Waals surface area (Å²) in [5, 5.41) is 0. The average Bonchev–Trinajstić information content (AvgIpc) is 2.83. The molecule has 0 fully saturated rings. The van der Waals surface area contributed by atoms with Crippen molar-refractivity contribution in [1.29, 1.82) is 0 Å². The van der Waals surface area contributed by atoms with Crippen molar-refractivity contribution in [2.24, 2.45) is 0 Å². The van der Waals surface area contributed by atoms with Crippen molar-refractivity contribution in [2.45, 2.75) is 33.1 Å². The summed E-state index contributed by atoms with van der Waals surface area (Å²) in [6.45, 7) is 8.27. The first-order valence-corrected chi connectivity index (χ1v) is 6.41. The molecule has 90 valence electrons. The van der Waals surface area contributed by atoms with Crippen LogP contribution in [-0.2, 0) is 5.41 Å². The number of hydrogen-bond donors (Lipinski definition) is 0. The van der Waals surface area contributed by atoms with Crippen molar-refractivity contribution < 1.29 is 9.21 Å². The molecule has 0 saturated heterocycles. The Morgan fingerprint density at radius 3 is 2.35 bits per heavy atom. The number of thiophene rings is 1. The summed E-state index contributed by atoms with van der Waals surface area (Å²) in [5.74, 6) is 1.16. The van der Waals surface area contributed by atoms with E-state index >= 15 is 0 Å². The van der Waals surface area contributed by atoms with E-state index in [4.69, 9.17) is 4.42 Å². The second-order valence-corrected chi connectivity index (χ2v) is 6.24. The van der Waals surface area contributed by atoms with Gasteiger partial charge >= 0.3 is 0 Å². The summed E-state index contributed by atoms with van der Waals surface area (Å²) < 4.78 is 5.35. The highest BCUT2D eigenvalue weighted by Gasteiger charge is 2.20. The molecule has 0 unspecified atom stereocenters. The van der Waals surface area contributed by atoms with Gasteiger partial charge in [0.2, 0.25) is 5.78 Å². The summed E-state index contributed by atoms with van der Waals surface area (Å²) in [6.07, 6.45) is 0. The van der Waals surface area contributed by atoms with Crippen molar-refractivity contribution >= 4 is 17.1 Å². The fraction of sp³-hybridized carbons (Fsp3) is 0.357. The van der Waals surface area contributed by atoms with E-state index in [9.17, 15) is 4.79 Å². The highest BCUT2D eigenvalue weighted by molar-refractivity contribution is 7.14. The zero-order valence-corrected chi connectivity index (χ0v) is 11.4. The molecule has 0 aliphatic carbocycles. The largest absolute Gasteiger partial charge is 0.458 e. The van der Waals surface area contributed by atoms with E-state index in [0.717, 1.165) is 10.6 Å². The molecule has 0 saturated carbocycles. The number of furan rings is 1. The van der Waals surface area contributed by atoms with Crippen LogP contribution in [0.5, 0.6) is 0 Å².